The fourth-order valence-corrected chi connectivity index (χ4v) is 3.08. The van der Waals surface area contributed by atoms with Crippen molar-refractivity contribution in [2.75, 3.05) is 12.3 Å². The van der Waals surface area contributed by atoms with Gasteiger partial charge in [-0.05, 0) is 70.5 Å². The molecule has 3 nitrogen and oxygen atoms in total. The van der Waals surface area contributed by atoms with Crippen LogP contribution in [0.4, 0.5) is 5.69 Å². The molecule has 0 aliphatic carbocycles. The van der Waals surface area contributed by atoms with Gasteiger partial charge < -0.3 is 10.6 Å². The third-order valence-electron chi connectivity index (χ3n) is 3.70. The second kappa shape index (κ2) is 5.85. The number of hydrogen-bond donors (Lipinski definition) is 1. The molecule has 0 spiro atoms. The van der Waals surface area contributed by atoms with E-state index in [2.05, 4.69) is 22.6 Å². The lowest BCUT2D eigenvalue weighted by atomic mass is 9.98. The number of halogens is 2. The molecule has 0 atom stereocenters. The van der Waals surface area contributed by atoms with Gasteiger partial charge in [0.1, 0.15) is 0 Å². The number of nitrogens with zero attached hydrogens (tertiary/aromatic N) is 1. The summed E-state index contributed by atoms with van der Waals surface area (Å²) in [6, 6.07) is 11.3. The summed E-state index contributed by atoms with van der Waals surface area (Å²) in [5, 5.41) is 0.614. The van der Waals surface area contributed by atoms with Crippen molar-refractivity contribution in [2.45, 2.75) is 13.0 Å². The lowest BCUT2D eigenvalue weighted by Gasteiger charge is -2.29. The summed E-state index contributed by atoms with van der Waals surface area (Å²) < 4.78 is 0.947. The fourth-order valence-electron chi connectivity index (χ4n) is 2.56. The number of amides is 1. The Hall–Kier alpha value is -1.27. The SMILES string of the molecule is Nc1ccc2c(c1)CN(C(=O)c1ccc(I)c(Cl)c1)CC2. The molecule has 3 rings (SSSR count). The Morgan fingerprint density at radius 1 is 1.19 bits per heavy atom. The lowest BCUT2D eigenvalue weighted by Crippen LogP contribution is -2.36. The number of carbonyl (C=O) groups is 1. The van der Waals surface area contributed by atoms with Crippen LogP contribution in [-0.2, 0) is 13.0 Å². The summed E-state index contributed by atoms with van der Waals surface area (Å²) in [5.41, 5.74) is 9.60. The van der Waals surface area contributed by atoms with Gasteiger partial charge in [0, 0.05) is 27.9 Å². The minimum absolute atomic E-state index is 0.0152. The minimum Gasteiger partial charge on any atom is -0.399 e. The van der Waals surface area contributed by atoms with Crippen LogP contribution in [0.2, 0.25) is 5.02 Å². The molecule has 0 radical (unpaired) electrons. The smallest absolute Gasteiger partial charge is 0.254 e. The molecule has 1 aliphatic heterocycles. The van der Waals surface area contributed by atoms with Gasteiger partial charge in [-0.25, -0.2) is 0 Å². The first-order valence-corrected chi connectivity index (χ1v) is 8.12. The van der Waals surface area contributed by atoms with Gasteiger partial charge in [-0.1, -0.05) is 17.7 Å². The highest BCUT2D eigenvalue weighted by atomic mass is 127. The molecule has 0 aromatic heterocycles. The van der Waals surface area contributed by atoms with E-state index in [-0.39, 0.29) is 5.91 Å². The maximum absolute atomic E-state index is 12.6. The van der Waals surface area contributed by atoms with E-state index in [1.54, 1.807) is 6.07 Å². The summed E-state index contributed by atoms with van der Waals surface area (Å²) >= 11 is 8.26. The van der Waals surface area contributed by atoms with Gasteiger partial charge in [0.05, 0.1) is 5.02 Å². The largest absolute Gasteiger partial charge is 0.399 e. The summed E-state index contributed by atoms with van der Waals surface area (Å²) in [6.45, 7) is 1.32. The van der Waals surface area contributed by atoms with Gasteiger partial charge in [0.25, 0.3) is 5.91 Å². The van der Waals surface area contributed by atoms with Crippen molar-refractivity contribution in [3.63, 3.8) is 0 Å². The number of carbonyl (C=O) groups excluding carboxylic acids is 1. The molecule has 0 saturated heterocycles. The maximum Gasteiger partial charge on any atom is 0.254 e. The fraction of sp³-hybridized carbons (Fsp3) is 0.188. The van der Waals surface area contributed by atoms with E-state index in [1.807, 2.05) is 35.2 Å². The van der Waals surface area contributed by atoms with Gasteiger partial charge in [0.15, 0.2) is 0 Å². The standard InChI is InChI=1S/C16H14ClIN2O/c17-14-8-11(2-4-15(14)18)16(21)20-6-5-10-1-3-13(19)7-12(10)9-20/h1-4,7-8H,5-6,9,19H2. The number of rotatable bonds is 1. The first-order valence-electron chi connectivity index (χ1n) is 6.66. The van der Waals surface area contributed by atoms with Gasteiger partial charge in [-0.2, -0.15) is 0 Å². The van der Waals surface area contributed by atoms with Crippen molar-refractivity contribution < 1.29 is 4.79 Å². The summed E-state index contributed by atoms with van der Waals surface area (Å²) in [4.78, 5) is 14.4. The van der Waals surface area contributed by atoms with Crippen molar-refractivity contribution in [3.8, 4) is 0 Å². The molecule has 0 saturated carbocycles. The van der Waals surface area contributed by atoms with Crippen LogP contribution in [0, 0.1) is 3.57 Å². The zero-order chi connectivity index (χ0) is 15.0. The first-order chi connectivity index (χ1) is 10.0. The zero-order valence-electron chi connectivity index (χ0n) is 11.3. The number of benzene rings is 2. The van der Waals surface area contributed by atoms with Crippen molar-refractivity contribution in [1.82, 2.24) is 4.90 Å². The number of fused-ring (bicyclic) bond motifs is 1. The van der Waals surface area contributed by atoms with Crippen LogP contribution in [0.25, 0.3) is 0 Å². The zero-order valence-corrected chi connectivity index (χ0v) is 14.2. The Morgan fingerprint density at radius 2 is 2.00 bits per heavy atom. The van der Waals surface area contributed by atoms with Gasteiger partial charge >= 0.3 is 0 Å². The van der Waals surface area contributed by atoms with Gasteiger partial charge in [0.2, 0.25) is 0 Å². The van der Waals surface area contributed by atoms with E-state index in [0.29, 0.717) is 17.1 Å². The highest BCUT2D eigenvalue weighted by molar-refractivity contribution is 14.1. The molecule has 0 bridgehead atoms. The second-order valence-electron chi connectivity index (χ2n) is 5.13. The Kier molecular flexibility index (Phi) is 4.08. The van der Waals surface area contributed by atoms with Crippen molar-refractivity contribution in [3.05, 3.63) is 61.7 Å². The molecular formula is C16H14ClIN2O. The molecule has 0 unspecified atom stereocenters. The average molecular weight is 413 g/mol. The molecule has 2 aromatic carbocycles. The highest BCUT2D eigenvalue weighted by Gasteiger charge is 2.22. The lowest BCUT2D eigenvalue weighted by molar-refractivity contribution is 0.0734. The van der Waals surface area contributed by atoms with Crippen LogP contribution in [0.1, 0.15) is 21.5 Å². The second-order valence-corrected chi connectivity index (χ2v) is 6.70. The van der Waals surface area contributed by atoms with E-state index in [4.69, 9.17) is 17.3 Å². The Balaban J connectivity index is 1.85. The minimum atomic E-state index is 0.0152. The van der Waals surface area contributed by atoms with E-state index >= 15 is 0 Å². The molecule has 0 fully saturated rings. The van der Waals surface area contributed by atoms with Crippen LogP contribution >= 0.6 is 34.2 Å². The topological polar surface area (TPSA) is 46.3 Å². The van der Waals surface area contributed by atoms with E-state index in [9.17, 15) is 4.79 Å². The normalized spacial score (nSPS) is 13.9. The van der Waals surface area contributed by atoms with Crippen molar-refractivity contribution in [1.29, 1.82) is 0 Å². The van der Waals surface area contributed by atoms with Crippen LogP contribution in [-0.4, -0.2) is 17.4 Å². The average Bonchev–Trinajstić information content (AvgIpc) is 2.48. The van der Waals surface area contributed by atoms with E-state index < -0.39 is 0 Å². The molecule has 5 heteroatoms. The van der Waals surface area contributed by atoms with Gasteiger partial charge in [-0.15, -0.1) is 0 Å². The monoisotopic (exact) mass is 412 g/mol. The predicted octanol–water partition coefficient (Wildman–Crippen LogP) is 3.73. The molecule has 1 amide bonds. The molecule has 1 aliphatic rings. The summed E-state index contributed by atoms with van der Waals surface area (Å²) in [7, 11) is 0. The van der Waals surface area contributed by atoms with Crippen molar-refractivity contribution in [2.24, 2.45) is 0 Å². The summed E-state index contributed by atoms with van der Waals surface area (Å²) in [6.07, 6.45) is 0.861. The molecule has 108 valence electrons. The van der Waals surface area contributed by atoms with Crippen LogP contribution < -0.4 is 5.73 Å². The first kappa shape index (κ1) is 14.7. The van der Waals surface area contributed by atoms with E-state index in [0.717, 1.165) is 27.8 Å². The highest BCUT2D eigenvalue weighted by Crippen LogP contribution is 2.24. The quantitative estimate of drug-likeness (QED) is 0.573. The molecule has 2 aromatic rings. The predicted molar refractivity (Wildman–Crippen MR) is 93.5 cm³/mol. The van der Waals surface area contributed by atoms with E-state index in [1.165, 1.54) is 5.56 Å². The maximum atomic E-state index is 12.6. The Morgan fingerprint density at radius 3 is 2.76 bits per heavy atom. The number of hydrogen-bond acceptors (Lipinski definition) is 2. The number of nitrogen functional groups attached to an aromatic ring is 1. The number of nitrogens with two attached hydrogens (primary N) is 1. The number of anilines is 1. The Labute approximate surface area is 142 Å². The summed E-state index contributed by atoms with van der Waals surface area (Å²) in [5.74, 6) is 0.0152. The van der Waals surface area contributed by atoms with Gasteiger partial charge in [-0.3, -0.25) is 4.79 Å². The van der Waals surface area contributed by atoms with Crippen molar-refractivity contribution >= 4 is 45.8 Å². The Bertz CT molecular complexity index is 717. The third-order valence-corrected chi connectivity index (χ3v) is 5.27. The molecular weight excluding hydrogens is 399 g/mol. The molecule has 21 heavy (non-hydrogen) atoms. The third kappa shape index (κ3) is 3.01. The molecule has 1 heterocycles. The van der Waals surface area contributed by atoms with Crippen LogP contribution in [0.3, 0.4) is 0 Å². The van der Waals surface area contributed by atoms with Crippen LogP contribution in [0.15, 0.2) is 36.4 Å². The molecule has 2 N–H and O–H groups in total. The van der Waals surface area contributed by atoms with Crippen LogP contribution in [0.5, 0.6) is 0 Å².